The third-order valence-electron chi connectivity index (χ3n) is 3.71. The lowest BCUT2D eigenvalue weighted by Gasteiger charge is -2.27. The van der Waals surface area contributed by atoms with Crippen LogP contribution in [0.5, 0.6) is 0 Å². The second-order valence-electron chi connectivity index (χ2n) is 6.96. The maximum Gasteiger partial charge on any atom is 0.332 e. The van der Waals surface area contributed by atoms with Crippen LogP contribution in [0.1, 0.15) is 47.5 Å². The van der Waals surface area contributed by atoms with E-state index >= 15 is 0 Å². The molecule has 2 unspecified atom stereocenters. The molecular formula is C15H26O5. The van der Waals surface area contributed by atoms with E-state index in [1.807, 2.05) is 27.7 Å². The smallest absolute Gasteiger partial charge is 0.332 e. The molecule has 1 aliphatic carbocycles. The monoisotopic (exact) mass is 286 g/mol. The van der Waals surface area contributed by atoms with Crippen LogP contribution in [-0.2, 0) is 23.7 Å². The van der Waals surface area contributed by atoms with E-state index in [2.05, 4.69) is 6.92 Å². The summed E-state index contributed by atoms with van der Waals surface area (Å²) in [5.41, 5.74) is 0.00391. The molecule has 0 radical (unpaired) electrons. The predicted octanol–water partition coefficient (Wildman–Crippen LogP) is 2.27. The van der Waals surface area contributed by atoms with Crippen LogP contribution in [-0.4, -0.2) is 43.3 Å². The van der Waals surface area contributed by atoms with Crippen molar-refractivity contribution in [1.82, 2.24) is 0 Å². The van der Waals surface area contributed by atoms with Crippen molar-refractivity contribution in [2.24, 2.45) is 5.41 Å². The molecule has 0 bridgehead atoms. The van der Waals surface area contributed by atoms with Gasteiger partial charge in [-0.3, -0.25) is 0 Å². The molecule has 1 saturated heterocycles. The molecule has 2 aliphatic rings. The van der Waals surface area contributed by atoms with Gasteiger partial charge in [0.15, 0.2) is 5.79 Å². The first-order valence-corrected chi connectivity index (χ1v) is 7.32. The van der Waals surface area contributed by atoms with Gasteiger partial charge in [-0.1, -0.05) is 6.92 Å². The first kappa shape index (κ1) is 15.7. The van der Waals surface area contributed by atoms with Crippen molar-refractivity contribution in [1.29, 1.82) is 0 Å². The molecule has 5 nitrogen and oxygen atoms in total. The highest BCUT2D eigenvalue weighted by atomic mass is 16.8. The Bertz CT molecular complexity index is 347. The predicted molar refractivity (Wildman–Crippen MR) is 73.2 cm³/mol. The standard InChI is InChI=1S/C15H26O5/c1-10(2)18-13(16)8-17-9-15(5)6-11-12(7-15)20-14(3,4)19-11/h10-12H,6-9H2,1-5H3. The van der Waals surface area contributed by atoms with Crippen LogP contribution in [0.3, 0.4) is 0 Å². The zero-order chi connectivity index (χ0) is 15.0. The van der Waals surface area contributed by atoms with E-state index in [9.17, 15) is 4.79 Å². The summed E-state index contributed by atoms with van der Waals surface area (Å²) in [6, 6.07) is 0. The van der Waals surface area contributed by atoms with Gasteiger partial charge in [-0.2, -0.15) is 0 Å². The van der Waals surface area contributed by atoms with Gasteiger partial charge < -0.3 is 18.9 Å². The van der Waals surface area contributed by atoms with E-state index in [-0.39, 0.29) is 36.3 Å². The normalized spacial score (nSPS) is 35.3. The van der Waals surface area contributed by atoms with Gasteiger partial charge in [-0.25, -0.2) is 4.79 Å². The molecule has 1 saturated carbocycles. The molecule has 1 aliphatic heterocycles. The Kier molecular flexibility index (Phi) is 4.42. The fourth-order valence-electron chi connectivity index (χ4n) is 3.11. The summed E-state index contributed by atoms with van der Waals surface area (Å²) in [6.45, 7) is 10.2. The zero-order valence-electron chi connectivity index (χ0n) is 13.1. The minimum Gasteiger partial charge on any atom is -0.461 e. The average molecular weight is 286 g/mol. The lowest BCUT2D eigenvalue weighted by Crippen LogP contribution is -2.29. The summed E-state index contributed by atoms with van der Waals surface area (Å²) in [5, 5.41) is 0. The Balaban J connectivity index is 1.74. The van der Waals surface area contributed by atoms with E-state index in [1.165, 1.54) is 0 Å². The third kappa shape index (κ3) is 3.93. The molecule has 0 aromatic carbocycles. The first-order valence-electron chi connectivity index (χ1n) is 7.32. The summed E-state index contributed by atoms with van der Waals surface area (Å²) in [6.07, 6.45) is 1.99. The number of hydrogen-bond acceptors (Lipinski definition) is 5. The molecule has 5 heteroatoms. The number of fused-ring (bicyclic) bond motifs is 1. The van der Waals surface area contributed by atoms with Gasteiger partial charge in [-0.05, 0) is 46.0 Å². The number of carbonyl (C=O) groups excluding carboxylic acids is 1. The second-order valence-corrected chi connectivity index (χ2v) is 6.96. The Morgan fingerprint density at radius 1 is 1.20 bits per heavy atom. The van der Waals surface area contributed by atoms with Gasteiger partial charge in [0, 0.05) is 0 Å². The van der Waals surface area contributed by atoms with Crippen molar-refractivity contribution in [3.8, 4) is 0 Å². The topological polar surface area (TPSA) is 54.0 Å². The highest BCUT2D eigenvalue weighted by Gasteiger charge is 2.51. The van der Waals surface area contributed by atoms with Crippen LogP contribution < -0.4 is 0 Å². The van der Waals surface area contributed by atoms with Gasteiger partial charge >= 0.3 is 5.97 Å². The van der Waals surface area contributed by atoms with E-state index < -0.39 is 5.79 Å². The summed E-state index contributed by atoms with van der Waals surface area (Å²) >= 11 is 0. The Morgan fingerprint density at radius 3 is 2.25 bits per heavy atom. The van der Waals surface area contributed by atoms with Gasteiger partial charge in [0.1, 0.15) is 6.61 Å². The maximum absolute atomic E-state index is 11.4. The van der Waals surface area contributed by atoms with Crippen molar-refractivity contribution in [2.45, 2.75) is 71.6 Å². The number of hydrogen-bond donors (Lipinski definition) is 0. The van der Waals surface area contributed by atoms with Crippen LogP contribution in [0.4, 0.5) is 0 Å². The first-order chi connectivity index (χ1) is 9.19. The van der Waals surface area contributed by atoms with Crippen LogP contribution in [0, 0.1) is 5.41 Å². The minimum atomic E-state index is -0.474. The molecule has 116 valence electrons. The van der Waals surface area contributed by atoms with Crippen molar-refractivity contribution < 1.29 is 23.7 Å². The van der Waals surface area contributed by atoms with E-state index in [0.717, 1.165) is 12.8 Å². The number of esters is 1. The molecule has 0 spiro atoms. The summed E-state index contributed by atoms with van der Waals surface area (Å²) in [4.78, 5) is 11.4. The Morgan fingerprint density at radius 2 is 1.75 bits per heavy atom. The number of carbonyl (C=O) groups is 1. The Hall–Kier alpha value is -0.650. The number of rotatable bonds is 5. The molecule has 2 rings (SSSR count). The molecule has 0 amide bonds. The molecule has 0 N–H and O–H groups in total. The highest BCUT2D eigenvalue weighted by molar-refractivity contribution is 5.70. The van der Waals surface area contributed by atoms with Gasteiger partial charge in [-0.15, -0.1) is 0 Å². The molecule has 2 atom stereocenters. The fraction of sp³-hybridized carbons (Fsp3) is 0.933. The average Bonchev–Trinajstić information content (AvgIpc) is 2.65. The molecule has 0 aromatic heterocycles. The fourth-order valence-corrected chi connectivity index (χ4v) is 3.11. The van der Waals surface area contributed by atoms with Gasteiger partial charge in [0.05, 0.1) is 24.9 Å². The zero-order valence-corrected chi connectivity index (χ0v) is 13.1. The van der Waals surface area contributed by atoms with Crippen molar-refractivity contribution >= 4 is 5.97 Å². The molecule has 20 heavy (non-hydrogen) atoms. The van der Waals surface area contributed by atoms with Crippen molar-refractivity contribution in [3.63, 3.8) is 0 Å². The Labute approximate surface area is 120 Å². The summed E-state index contributed by atoms with van der Waals surface area (Å²) < 4.78 is 22.3. The quantitative estimate of drug-likeness (QED) is 0.726. The van der Waals surface area contributed by atoms with Crippen LogP contribution >= 0.6 is 0 Å². The van der Waals surface area contributed by atoms with Gasteiger partial charge in [0.2, 0.25) is 0 Å². The van der Waals surface area contributed by atoms with Crippen LogP contribution in [0.15, 0.2) is 0 Å². The minimum absolute atomic E-state index is 0.00391. The molecule has 2 fully saturated rings. The van der Waals surface area contributed by atoms with Gasteiger partial charge in [0.25, 0.3) is 0 Å². The largest absolute Gasteiger partial charge is 0.461 e. The SMILES string of the molecule is CC(C)OC(=O)COCC1(C)CC2OC(C)(C)OC2C1. The number of ether oxygens (including phenoxy) is 4. The second kappa shape index (κ2) is 5.62. The van der Waals surface area contributed by atoms with Crippen LogP contribution in [0.2, 0.25) is 0 Å². The lowest BCUT2D eigenvalue weighted by atomic mass is 9.89. The van der Waals surface area contributed by atoms with Crippen molar-refractivity contribution in [3.05, 3.63) is 0 Å². The van der Waals surface area contributed by atoms with E-state index in [4.69, 9.17) is 18.9 Å². The molecule has 0 aromatic rings. The summed E-state index contributed by atoms with van der Waals surface area (Å²) in [7, 11) is 0. The van der Waals surface area contributed by atoms with E-state index in [0.29, 0.717) is 6.61 Å². The highest BCUT2D eigenvalue weighted by Crippen LogP contribution is 2.47. The van der Waals surface area contributed by atoms with E-state index in [1.54, 1.807) is 0 Å². The summed E-state index contributed by atoms with van der Waals surface area (Å²) in [5.74, 6) is -0.783. The third-order valence-corrected chi connectivity index (χ3v) is 3.71. The molecule has 1 heterocycles. The van der Waals surface area contributed by atoms with Crippen molar-refractivity contribution in [2.75, 3.05) is 13.2 Å². The lowest BCUT2D eigenvalue weighted by molar-refractivity contribution is -0.162. The van der Waals surface area contributed by atoms with Crippen LogP contribution in [0.25, 0.3) is 0 Å². The molecular weight excluding hydrogens is 260 g/mol. The maximum atomic E-state index is 11.4.